The van der Waals surface area contributed by atoms with Crippen molar-refractivity contribution >= 4 is 34.1 Å². The summed E-state index contributed by atoms with van der Waals surface area (Å²) in [6, 6.07) is 15.7. The van der Waals surface area contributed by atoms with Crippen LogP contribution < -0.4 is 16.3 Å². The van der Waals surface area contributed by atoms with Gasteiger partial charge < -0.3 is 15.4 Å². The van der Waals surface area contributed by atoms with E-state index in [4.69, 9.17) is 9.72 Å². The summed E-state index contributed by atoms with van der Waals surface area (Å²) in [7, 11) is 4.89. The van der Waals surface area contributed by atoms with Gasteiger partial charge in [-0.3, -0.25) is 18.5 Å². The Labute approximate surface area is 248 Å². The normalized spacial score (nSPS) is 12.1. The van der Waals surface area contributed by atoms with Crippen molar-refractivity contribution in [2.45, 2.75) is 45.8 Å². The number of nitrogens with zero attached hydrogens (tertiary/aromatic N) is 4. The second kappa shape index (κ2) is 10.4. The number of amides is 2. The zero-order chi connectivity index (χ0) is 31.4. The Morgan fingerprint density at radius 3 is 2.14 bits per heavy atom. The number of nitrogens with one attached hydrogen (secondary N) is 2. The first-order valence-electron chi connectivity index (χ1n) is 13.8. The van der Waals surface area contributed by atoms with Gasteiger partial charge in [0.15, 0.2) is 0 Å². The van der Waals surface area contributed by atoms with E-state index in [0.29, 0.717) is 22.5 Å². The first kappa shape index (κ1) is 29.6. The van der Waals surface area contributed by atoms with Crippen molar-refractivity contribution in [2.75, 3.05) is 7.05 Å². The van der Waals surface area contributed by atoms with Crippen molar-refractivity contribution in [1.29, 1.82) is 0 Å². The SMILES string of the molecule is CNC(=O)c1ccc(-c2ccc3c(c2)nc(C(C)(C)NC(=O)OC(C)(C)C)n3-c2ccc3c(c2)n(C)c(=O)n3C)cc1F. The summed E-state index contributed by atoms with van der Waals surface area (Å²) in [6.45, 7) is 9.04. The number of imidazole rings is 2. The second-order valence-corrected chi connectivity index (χ2v) is 12.1. The molecule has 0 unspecified atom stereocenters. The lowest BCUT2D eigenvalue weighted by Crippen LogP contribution is -2.45. The number of rotatable bonds is 5. The average Bonchev–Trinajstić information content (AvgIpc) is 3.42. The predicted molar refractivity (Wildman–Crippen MR) is 164 cm³/mol. The molecule has 0 saturated heterocycles. The van der Waals surface area contributed by atoms with Crippen molar-refractivity contribution in [3.8, 4) is 16.8 Å². The highest BCUT2D eigenvalue weighted by Gasteiger charge is 2.32. The average molecular weight is 587 g/mol. The molecular weight excluding hydrogens is 551 g/mol. The highest BCUT2D eigenvalue weighted by molar-refractivity contribution is 5.95. The van der Waals surface area contributed by atoms with Crippen LogP contribution in [0.25, 0.3) is 38.9 Å². The van der Waals surface area contributed by atoms with Crippen LogP contribution in [-0.4, -0.2) is 43.3 Å². The van der Waals surface area contributed by atoms with E-state index in [9.17, 15) is 18.8 Å². The van der Waals surface area contributed by atoms with Gasteiger partial charge in [0.05, 0.1) is 33.2 Å². The first-order chi connectivity index (χ1) is 20.1. The molecule has 2 amide bonds. The number of aromatic nitrogens is 4. The minimum absolute atomic E-state index is 0.0421. The lowest BCUT2D eigenvalue weighted by atomic mass is 10.0. The topological polar surface area (TPSA) is 112 Å². The van der Waals surface area contributed by atoms with Crippen molar-refractivity contribution in [2.24, 2.45) is 14.1 Å². The third kappa shape index (κ3) is 5.38. The van der Waals surface area contributed by atoms with Crippen LogP contribution in [0.5, 0.6) is 0 Å². The summed E-state index contributed by atoms with van der Waals surface area (Å²) in [5.74, 6) is -0.616. The lowest BCUT2D eigenvalue weighted by Gasteiger charge is -2.29. The van der Waals surface area contributed by atoms with Crippen LogP contribution in [0.3, 0.4) is 0 Å². The van der Waals surface area contributed by atoms with Crippen LogP contribution in [0.1, 0.15) is 50.8 Å². The van der Waals surface area contributed by atoms with E-state index in [0.717, 1.165) is 22.2 Å². The number of aryl methyl sites for hydroxylation is 2. The Morgan fingerprint density at radius 1 is 0.860 bits per heavy atom. The Balaban J connectivity index is 1.69. The molecule has 224 valence electrons. The summed E-state index contributed by atoms with van der Waals surface area (Å²) >= 11 is 0. The highest BCUT2D eigenvalue weighted by atomic mass is 19.1. The molecule has 0 aliphatic rings. The number of carbonyl (C=O) groups is 2. The number of hydrogen-bond acceptors (Lipinski definition) is 5. The van der Waals surface area contributed by atoms with Gasteiger partial charge in [-0.2, -0.15) is 0 Å². The molecule has 2 aromatic heterocycles. The fraction of sp³-hybridized carbons (Fsp3) is 0.312. The molecular formula is C32H35FN6O4. The van der Waals surface area contributed by atoms with Crippen LogP contribution in [0, 0.1) is 5.82 Å². The smallest absolute Gasteiger partial charge is 0.408 e. The number of alkyl carbamates (subject to hydrolysis) is 1. The minimum Gasteiger partial charge on any atom is -0.444 e. The van der Waals surface area contributed by atoms with Crippen molar-refractivity contribution < 1.29 is 18.7 Å². The largest absolute Gasteiger partial charge is 0.444 e. The first-order valence-corrected chi connectivity index (χ1v) is 13.8. The Morgan fingerprint density at radius 2 is 1.49 bits per heavy atom. The maximum atomic E-state index is 14.8. The molecule has 5 aromatic rings. The monoisotopic (exact) mass is 586 g/mol. The molecule has 2 N–H and O–H groups in total. The summed E-state index contributed by atoms with van der Waals surface area (Å²) in [5, 5.41) is 5.38. The van der Waals surface area contributed by atoms with Gasteiger partial charge >= 0.3 is 11.8 Å². The number of ether oxygens (including phenoxy) is 1. The maximum Gasteiger partial charge on any atom is 0.408 e. The number of benzene rings is 3. The fourth-order valence-corrected chi connectivity index (χ4v) is 5.20. The Hall–Kier alpha value is -4.93. The molecule has 0 aliphatic heterocycles. The molecule has 43 heavy (non-hydrogen) atoms. The molecule has 10 nitrogen and oxygen atoms in total. The summed E-state index contributed by atoms with van der Waals surface area (Å²) < 4.78 is 25.4. The maximum absolute atomic E-state index is 14.8. The van der Waals surface area contributed by atoms with Gasteiger partial charge in [-0.25, -0.2) is 19.0 Å². The Kier molecular flexibility index (Phi) is 7.16. The summed E-state index contributed by atoms with van der Waals surface area (Å²) in [5.41, 5.74) is 2.98. The van der Waals surface area contributed by atoms with Gasteiger partial charge in [-0.15, -0.1) is 0 Å². The fourth-order valence-electron chi connectivity index (χ4n) is 5.20. The van der Waals surface area contributed by atoms with Gasteiger partial charge in [0.25, 0.3) is 5.91 Å². The Bertz CT molecular complexity index is 1980. The van der Waals surface area contributed by atoms with Crippen molar-refractivity contribution in [1.82, 2.24) is 29.3 Å². The molecule has 11 heteroatoms. The molecule has 3 aromatic carbocycles. The molecule has 0 radical (unpaired) electrons. The molecule has 0 aliphatic carbocycles. The third-order valence-electron chi connectivity index (χ3n) is 7.31. The van der Waals surface area contributed by atoms with E-state index in [2.05, 4.69) is 10.6 Å². The van der Waals surface area contributed by atoms with E-state index in [1.807, 2.05) is 54.8 Å². The van der Waals surface area contributed by atoms with E-state index in [1.165, 1.54) is 19.2 Å². The second-order valence-electron chi connectivity index (χ2n) is 12.1. The van der Waals surface area contributed by atoms with E-state index >= 15 is 0 Å². The number of fused-ring (bicyclic) bond motifs is 2. The van der Waals surface area contributed by atoms with E-state index in [1.54, 1.807) is 50.1 Å². The van der Waals surface area contributed by atoms with E-state index < -0.39 is 29.0 Å². The van der Waals surface area contributed by atoms with Crippen LogP contribution >= 0.6 is 0 Å². The van der Waals surface area contributed by atoms with Gasteiger partial charge in [0.2, 0.25) is 0 Å². The van der Waals surface area contributed by atoms with Gasteiger partial charge in [-0.05, 0) is 88.2 Å². The number of carbonyl (C=O) groups excluding carboxylic acids is 2. The summed E-state index contributed by atoms with van der Waals surface area (Å²) in [4.78, 5) is 42.4. The molecule has 0 spiro atoms. The molecule has 0 bridgehead atoms. The zero-order valence-electron chi connectivity index (χ0n) is 25.5. The van der Waals surface area contributed by atoms with Crippen LogP contribution in [-0.2, 0) is 24.4 Å². The minimum atomic E-state index is -1.000. The number of halogens is 1. The quantitative estimate of drug-likeness (QED) is 0.296. The van der Waals surface area contributed by atoms with Crippen LogP contribution in [0.2, 0.25) is 0 Å². The number of hydrogen-bond donors (Lipinski definition) is 2. The zero-order valence-corrected chi connectivity index (χ0v) is 25.5. The van der Waals surface area contributed by atoms with Gasteiger partial charge in [-0.1, -0.05) is 12.1 Å². The van der Waals surface area contributed by atoms with Crippen molar-refractivity contribution in [3.05, 3.63) is 82.3 Å². The van der Waals surface area contributed by atoms with Crippen molar-refractivity contribution in [3.63, 3.8) is 0 Å². The molecule has 2 heterocycles. The van der Waals surface area contributed by atoms with Gasteiger partial charge in [0.1, 0.15) is 17.2 Å². The standard InChI is InChI=1S/C32H35FN6O4/c1-31(2,3)43-29(41)36-32(4,5)28-35-23-16-19(18-9-12-21(22(33)15-18)27(40)34-6)10-13-24(23)39(28)20-11-14-25-26(17-20)38(8)30(42)37(25)7/h9-17H,1-8H3,(H,34,40)(H,36,41). The predicted octanol–water partition coefficient (Wildman–Crippen LogP) is 5.14. The summed E-state index contributed by atoms with van der Waals surface area (Å²) in [6.07, 6.45) is -0.593. The molecule has 0 atom stereocenters. The molecule has 5 rings (SSSR count). The van der Waals surface area contributed by atoms with Crippen LogP contribution in [0.4, 0.5) is 9.18 Å². The van der Waals surface area contributed by atoms with Crippen LogP contribution in [0.15, 0.2) is 59.4 Å². The third-order valence-corrected chi connectivity index (χ3v) is 7.31. The lowest BCUT2D eigenvalue weighted by molar-refractivity contribution is 0.0465. The highest BCUT2D eigenvalue weighted by Crippen LogP contribution is 2.33. The molecule has 0 fully saturated rings. The molecule has 0 saturated carbocycles. The van der Waals surface area contributed by atoms with E-state index in [-0.39, 0.29) is 11.3 Å². The van der Waals surface area contributed by atoms with Gasteiger partial charge in [0, 0.05) is 26.8 Å².